The third-order valence-corrected chi connectivity index (χ3v) is 2.74. The van der Waals surface area contributed by atoms with E-state index in [1.807, 2.05) is 20.8 Å². The van der Waals surface area contributed by atoms with Gasteiger partial charge in [-0.3, -0.25) is 4.79 Å². The number of thiol groups is 1. The average molecular weight is 241 g/mol. The standard InChI is InChI=1S/C11H15NO3S/c1-11(2,3)10(13)12-8-4-6-9(7-5-8)16(14)15/h4-7,16H,1-3H3,(H,12,13). The van der Waals surface area contributed by atoms with E-state index < -0.39 is 16.1 Å². The number of anilines is 1. The quantitative estimate of drug-likeness (QED) is 0.774. The topological polar surface area (TPSA) is 63.2 Å². The van der Waals surface area contributed by atoms with Gasteiger partial charge in [-0.1, -0.05) is 20.8 Å². The monoisotopic (exact) mass is 241 g/mol. The molecule has 0 bridgehead atoms. The Labute approximate surface area is 96.6 Å². The lowest BCUT2D eigenvalue weighted by Crippen LogP contribution is -2.27. The Hall–Kier alpha value is -1.36. The van der Waals surface area contributed by atoms with Gasteiger partial charge in [-0.2, -0.15) is 0 Å². The van der Waals surface area contributed by atoms with Crippen molar-refractivity contribution >= 4 is 22.3 Å². The molecular formula is C11H15NO3S. The van der Waals surface area contributed by atoms with Crippen molar-refractivity contribution in [3.05, 3.63) is 24.3 Å². The molecule has 1 rings (SSSR count). The van der Waals surface area contributed by atoms with Crippen molar-refractivity contribution in [2.24, 2.45) is 5.41 Å². The second-order valence-corrected chi connectivity index (χ2v) is 5.54. The molecule has 88 valence electrons. The van der Waals surface area contributed by atoms with Crippen molar-refractivity contribution in [3.63, 3.8) is 0 Å². The molecule has 0 unspecified atom stereocenters. The van der Waals surface area contributed by atoms with E-state index in [0.29, 0.717) is 5.69 Å². The summed E-state index contributed by atoms with van der Waals surface area (Å²) in [7, 11) is -2.56. The van der Waals surface area contributed by atoms with Crippen LogP contribution in [0.25, 0.3) is 0 Å². The van der Waals surface area contributed by atoms with E-state index in [-0.39, 0.29) is 10.8 Å². The third kappa shape index (κ3) is 3.34. The molecule has 4 nitrogen and oxygen atoms in total. The van der Waals surface area contributed by atoms with Gasteiger partial charge in [0.25, 0.3) is 0 Å². The van der Waals surface area contributed by atoms with Crippen LogP contribution >= 0.6 is 0 Å². The van der Waals surface area contributed by atoms with Gasteiger partial charge in [0.05, 0.1) is 4.90 Å². The van der Waals surface area contributed by atoms with Crippen LogP contribution in [-0.4, -0.2) is 14.3 Å². The number of benzene rings is 1. The normalized spacial score (nSPS) is 11.5. The van der Waals surface area contributed by atoms with E-state index in [9.17, 15) is 13.2 Å². The summed E-state index contributed by atoms with van der Waals surface area (Å²) in [5.41, 5.74) is 0.128. The highest BCUT2D eigenvalue weighted by Gasteiger charge is 2.20. The van der Waals surface area contributed by atoms with Crippen LogP contribution in [0.4, 0.5) is 5.69 Å². The number of carbonyl (C=O) groups is 1. The Morgan fingerprint density at radius 1 is 1.12 bits per heavy atom. The number of hydrogen-bond donors (Lipinski definition) is 2. The van der Waals surface area contributed by atoms with Crippen molar-refractivity contribution in [1.82, 2.24) is 0 Å². The van der Waals surface area contributed by atoms with Crippen molar-refractivity contribution in [2.45, 2.75) is 25.7 Å². The van der Waals surface area contributed by atoms with Crippen LogP contribution in [0.1, 0.15) is 20.8 Å². The smallest absolute Gasteiger partial charge is 0.229 e. The molecule has 0 aromatic heterocycles. The summed E-state index contributed by atoms with van der Waals surface area (Å²) in [6.07, 6.45) is 0. The minimum Gasteiger partial charge on any atom is -0.326 e. The van der Waals surface area contributed by atoms with E-state index in [0.717, 1.165) is 0 Å². The van der Waals surface area contributed by atoms with Gasteiger partial charge in [-0.05, 0) is 24.3 Å². The molecule has 0 radical (unpaired) electrons. The number of carbonyl (C=O) groups excluding carboxylic acids is 1. The summed E-state index contributed by atoms with van der Waals surface area (Å²) < 4.78 is 21.3. The summed E-state index contributed by atoms with van der Waals surface area (Å²) in [5, 5.41) is 2.71. The van der Waals surface area contributed by atoms with E-state index in [1.54, 1.807) is 12.1 Å². The molecular weight excluding hydrogens is 226 g/mol. The molecule has 1 amide bonds. The van der Waals surface area contributed by atoms with Crippen LogP contribution in [0, 0.1) is 5.41 Å². The minimum absolute atomic E-state index is 0.105. The Morgan fingerprint density at radius 2 is 1.62 bits per heavy atom. The van der Waals surface area contributed by atoms with Gasteiger partial charge in [-0.15, -0.1) is 0 Å². The molecule has 16 heavy (non-hydrogen) atoms. The molecule has 0 aliphatic carbocycles. The minimum atomic E-state index is -2.56. The second kappa shape index (κ2) is 4.65. The fourth-order valence-electron chi connectivity index (χ4n) is 0.985. The predicted octanol–water partition coefficient (Wildman–Crippen LogP) is 1.64. The van der Waals surface area contributed by atoms with Gasteiger partial charge in [0.15, 0.2) is 10.7 Å². The molecule has 0 saturated heterocycles. The van der Waals surface area contributed by atoms with E-state index in [2.05, 4.69) is 5.32 Å². The molecule has 1 aromatic rings. The highest BCUT2D eigenvalue weighted by Crippen LogP contribution is 2.17. The first-order chi connectivity index (χ1) is 7.30. The summed E-state index contributed by atoms with van der Waals surface area (Å²) in [5.74, 6) is -0.105. The van der Waals surface area contributed by atoms with Crippen molar-refractivity contribution in [3.8, 4) is 0 Å². The third-order valence-electron chi connectivity index (χ3n) is 2.02. The summed E-state index contributed by atoms with van der Waals surface area (Å²) in [4.78, 5) is 11.9. The molecule has 0 saturated carbocycles. The SMILES string of the molecule is CC(C)(C)C(=O)Nc1ccc([SH](=O)=O)cc1. The Bertz CT molecular complexity index is 447. The van der Waals surface area contributed by atoms with Gasteiger partial charge < -0.3 is 5.32 Å². The van der Waals surface area contributed by atoms with Crippen LogP contribution in [0.2, 0.25) is 0 Å². The zero-order valence-corrected chi connectivity index (χ0v) is 10.4. The van der Waals surface area contributed by atoms with E-state index in [4.69, 9.17) is 0 Å². The highest BCUT2D eigenvalue weighted by molar-refractivity contribution is 7.72. The molecule has 0 heterocycles. The van der Waals surface area contributed by atoms with Crippen molar-refractivity contribution in [1.29, 1.82) is 0 Å². The summed E-state index contributed by atoms with van der Waals surface area (Å²) in [6.45, 7) is 5.43. The maximum atomic E-state index is 11.6. The fraction of sp³-hybridized carbons (Fsp3) is 0.364. The Kier molecular flexibility index (Phi) is 3.70. The molecule has 0 fully saturated rings. The Balaban J connectivity index is 2.81. The number of amides is 1. The van der Waals surface area contributed by atoms with Crippen LogP contribution in [-0.2, 0) is 15.5 Å². The van der Waals surface area contributed by atoms with Gasteiger partial charge >= 0.3 is 0 Å². The Morgan fingerprint density at radius 3 is 2.00 bits per heavy atom. The number of nitrogens with one attached hydrogen (secondary N) is 1. The number of hydrogen-bond acceptors (Lipinski definition) is 3. The van der Waals surface area contributed by atoms with Crippen LogP contribution in [0.3, 0.4) is 0 Å². The molecule has 1 aromatic carbocycles. The average Bonchev–Trinajstić information content (AvgIpc) is 2.17. The lowest BCUT2D eigenvalue weighted by atomic mass is 9.95. The zero-order valence-electron chi connectivity index (χ0n) is 9.48. The van der Waals surface area contributed by atoms with Gasteiger partial charge in [0.2, 0.25) is 5.91 Å². The summed E-state index contributed by atoms with van der Waals surface area (Å²) >= 11 is 0. The maximum Gasteiger partial charge on any atom is 0.229 e. The molecule has 0 spiro atoms. The highest BCUT2D eigenvalue weighted by atomic mass is 32.2. The maximum absolute atomic E-state index is 11.6. The van der Waals surface area contributed by atoms with Gasteiger partial charge in [0, 0.05) is 11.1 Å². The largest absolute Gasteiger partial charge is 0.326 e. The molecule has 0 aliphatic rings. The second-order valence-electron chi connectivity index (χ2n) is 4.51. The summed E-state index contributed by atoms with van der Waals surface area (Å²) in [6, 6.07) is 6.07. The first kappa shape index (κ1) is 12.7. The first-order valence-electron chi connectivity index (χ1n) is 4.86. The van der Waals surface area contributed by atoms with Crippen LogP contribution in [0.5, 0.6) is 0 Å². The van der Waals surface area contributed by atoms with Gasteiger partial charge in [-0.25, -0.2) is 8.42 Å². The molecule has 1 N–H and O–H groups in total. The van der Waals surface area contributed by atoms with Crippen LogP contribution < -0.4 is 5.32 Å². The lowest BCUT2D eigenvalue weighted by molar-refractivity contribution is -0.123. The fourth-order valence-corrected chi connectivity index (χ4v) is 1.38. The van der Waals surface area contributed by atoms with E-state index in [1.165, 1.54) is 12.1 Å². The lowest BCUT2D eigenvalue weighted by Gasteiger charge is -2.17. The molecule has 0 atom stereocenters. The van der Waals surface area contributed by atoms with Crippen LogP contribution in [0.15, 0.2) is 29.2 Å². The zero-order chi connectivity index (χ0) is 12.3. The molecule has 0 aliphatic heterocycles. The molecule has 5 heteroatoms. The van der Waals surface area contributed by atoms with Crippen molar-refractivity contribution < 1.29 is 13.2 Å². The predicted molar refractivity (Wildman–Crippen MR) is 63.1 cm³/mol. The first-order valence-corrected chi connectivity index (χ1v) is 6.04. The van der Waals surface area contributed by atoms with E-state index >= 15 is 0 Å². The van der Waals surface area contributed by atoms with Crippen molar-refractivity contribution in [2.75, 3.05) is 5.32 Å². The number of rotatable bonds is 2. The van der Waals surface area contributed by atoms with Gasteiger partial charge in [0.1, 0.15) is 0 Å².